The summed E-state index contributed by atoms with van der Waals surface area (Å²) in [6.45, 7) is 3.71. The fraction of sp³-hybridized carbons (Fsp3) is 0.933. The van der Waals surface area contributed by atoms with Gasteiger partial charge < -0.3 is 4.90 Å². The number of halogens is 1. The minimum Gasteiger partial charge on any atom is -0.339 e. The Kier molecular flexibility index (Phi) is 4.09. The Morgan fingerprint density at radius 2 is 1.79 bits per heavy atom. The average Bonchev–Trinajstić information content (AvgIpc) is 2.41. The molecule has 0 N–H and O–H groups in total. The minimum absolute atomic E-state index is 0. The molecule has 4 atom stereocenters. The van der Waals surface area contributed by atoms with Crippen LogP contribution in [0.15, 0.2) is 0 Å². The summed E-state index contributed by atoms with van der Waals surface area (Å²) < 4.78 is 0. The quantitative estimate of drug-likeness (QED) is 0.607. The van der Waals surface area contributed by atoms with Crippen LogP contribution in [0, 0.1) is 11.8 Å². The van der Waals surface area contributed by atoms with Gasteiger partial charge in [0.25, 0.3) is 0 Å². The van der Waals surface area contributed by atoms with Crippen LogP contribution in [0.25, 0.3) is 0 Å². The summed E-state index contributed by atoms with van der Waals surface area (Å²) in [5.74, 6) is 2.02. The number of amides is 1. The SMILES string of the molecule is I.O=C1CCC[C@H]2C3CCCN4CCCC(CN12)C34. The Morgan fingerprint density at radius 1 is 1.00 bits per heavy atom. The summed E-state index contributed by atoms with van der Waals surface area (Å²) in [5.41, 5.74) is 0. The summed E-state index contributed by atoms with van der Waals surface area (Å²) >= 11 is 0. The molecule has 0 spiro atoms. The van der Waals surface area contributed by atoms with Crippen LogP contribution in [0.4, 0.5) is 0 Å². The molecule has 4 aliphatic rings. The number of hydrogen-bond donors (Lipinski definition) is 0. The molecule has 19 heavy (non-hydrogen) atoms. The lowest BCUT2D eigenvalue weighted by Gasteiger charge is -2.58. The van der Waals surface area contributed by atoms with Crippen molar-refractivity contribution in [2.45, 2.75) is 57.0 Å². The monoisotopic (exact) mass is 376 g/mol. The van der Waals surface area contributed by atoms with Crippen molar-refractivity contribution in [2.24, 2.45) is 11.8 Å². The molecule has 4 aliphatic heterocycles. The molecule has 108 valence electrons. The molecule has 0 aromatic rings. The summed E-state index contributed by atoms with van der Waals surface area (Å²) in [5, 5.41) is 0. The van der Waals surface area contributed by atoms with Crippen molar-refractivity contribution in [1.82, 2.24) is 9.80 Å². The number of carbonyl (C=O) groups is 1. The van der Waals surface area contributed by atoms with Crippen molar-refractivity contribution in [3.63, 3.8) is 0 Å². The van der Waals surface area contributed by atoms with E-state index >= 15 is 0 Å². The lowest BCUT2D eigenvalue weighted by atomic mass is 9.68. The van der Waals surface area contributed by atoms with E-state index in [-0.39, 0.29) is 24.0 Å². The van der Waals surface area contributed by atoms with E-state index in [1.165, 1.54) is 45.2 Å². The maximum atomic E-state index is 12.2. The van der Waals surface area contributed by atoms with Crippen LogP contribution in [0.2, 0.25) is 0 Å². The summed E-state index contributed by atoms with van der Waals surface area (Å²) in [6.07, 6.45) is 8.64. The number of piperidine rings is 4. The molecule has 0 aromatic carbocycles. The van der Waals surface area contributed by atoms with Crippen molar-refractivity contribution in [1.29, 1.82) is 0 Å². The van der Waals surface area contributed by atoms with Crippen LogP contribution in [-0.2, 0) is 4.79 Å². The molecule has 0 aromatic heterocycles. The second-order valence-electron chi connectivity index (χ2n) is 6.74. The zero-order valence-electron chi connectivity index (χ0n) is 11.6. The molecule has 4 heteroatoms. The van der Waals surface area contributed by atoms with Crippen LogP contribution >= 0.6 is 24.0 Å². The standard InChI is InChI=1S/C15H24N2O.HI/c18-14-7-1-6-13-12-5-3-9-16-8-2-4-11(15(12)16)10-17(13)14;/h11-13,15H,1-10H2;1H/t11?,12?,13-,15?;/m0./s1. The van der Waals surface area contributed by atoms with Crippen LogP contribution in [0.5, 0.6) is 0 Å². The number of carbonyl (C=O) groups excluding carboxylic acids is 1. The topological polar surface area (TPSA) is 23.6 Å². The molecule has 0 aliphatic carbocycles. The van der Waals surface area contributed by atoms with E-state index in [1.807, 2.05) is 0 Å². The third-order valence-electron chi connectivity index (χ3n) is 5.88. The fourth-order valence-electron chi connectivity index (χ4n) is 5.26. The first-order valence-electron chi connectivity index (χ1n) is 7.88. The molecule has 3 nitrogen and oxygen atoms in total. The Morgan fingerprint density at radius 3 is 2.63 bits per heavy atom. The maximum Gasteiger partial charge on any atom is 0.222 e. The molecular formula is C15H25IN2O. The van der Waals surface area contributed by atoms with Crippen molar-refractivity contribution < 1.29 is 4.79 Å². The highest BCUT2D eigenvalue weighted by Gasteiger charge is 2.50. The first kappa shape index (κ1) is 14.1. The Labute approximate surface area is 133 Å². The molecule has 0 radical (unpaired) electrons. The molecule has 4 heterocycles. The van der Waals surface area contributed by atoms with Gasteiger partial charge in [0.15, 0.2) is 0 Å². The van der Waals surface area contributed by atoms with Crippen molar-refractivity contribution >= 4 is 29.9 Å². The van der Waals surface area contributed by atoms with E-state index < -0.39 is 0 Å². The van der Waals surface area contributed by atoms with Crippen molar-refractivity contribution in [2.75, 3.05) is 19.6 Å². The largest absolute Gasteiger partial charge is 0.339 e. The van der Waals surface area contributed by atoms with Gasteiger partial charge >= 0.3 is 0 Å². The molecule has 3 unspecified atom stereocenters. The van der Waals surface area contributed by atoms with Gasteiger partial charge in [-0.25, -0.2) is 0 Å². The molecule has 1 amide bonds. The first-order chi connectivity index (χ1) is 8.84. The number of fused-ring (bicyclic) bond motifs is 2. The lowest BCUT2D eigenvalue weighted by Crippen LogP contribution is -2.66. The molecule has 0 saturated carbocycles. The van der Waals surface area contributed by atoms with Crippen molar-refractivity contribution in [3.05, 3.63) is 0 Å². The highest BCUT2D eigenvalue weighted by molar-refractivity contribution is 14.0. The van der Waals surface area contributed by atoms with Gasteiger partial charge in [0.1, 0.15) is 0 Å². The van der Waals surface area contributed by atoms with Crippen molar-refractivity contribution in [3.8, 4) is 0 Å². The predicted molar refractivity (Wildman–Crippen MR) is 85.6 cm³/mol. The summed E-state index contributed by atoms with van der Waals surface area (Å²) in [4.78, 5) is 17.2. The van der Waals surface area contributed by atoms with Gasteiger partial charge in [0, 0.05) is 25.0 Å². The first-order valence-corrected chi connectivity index (χ1v) is 7.88. The second-order valence-corrected chi connectivity index (χ2v) is 6.74. The van der Waals surface area contributed by atoms with E-state index in [1.54, 1.807) is 0 Å². The van der Waals surface area contributed by atoms with E-state index in [0.29, 0.717) is 11.9 Å². The minimum atomic E-state index is 0. The molecular weight excluding hydrogens is 351 g/mol. The van der Waals surface area contributed by atoms with Gasteiger partial charge in [0.2, 0.25) is 5.91 Å². The van der Waals surface area contributed by atoms with E-state index in [4.69, 9.17) is 0 Å². The third-order valence-corrected chi connectivity index (χ3v) is 5.88. The Hall–Kier alpha value is 0.160. The molecule has 0 bridgehead atoms. The van der Waals surface area contributed by atoms with Gasteiger partial charge in [-0.2, -0.15) is 0 Å². The fourth-order valence-corrected chi connectivity index (χ4v) is 5.26. The van der Waals surface area contributed by atoms with Crippen LogP contribution in [0.3, 0.4) is 0 Å². The number of hydrogen-bond acceptors (Lipinski definition) is 2. The van der Waals surface area contributed by atoms with Crippen LogP contribution in [0.1, 0.15) is 44.9 Å². The van der Waals surface area contributed by atoms with E-state index in [9.17, 15) is 4.79 Å². The van der Waals surface area contributed by atoms with Gasteiger partial charge in [-0.05, 0) is 63.5 Å². The number of rotatable bonds is 0. The third kappa shape index (κ3) is 2.23. The smallest absolute Gasteiger partial charge is 0.222 e. The number of nitrogens with zero attached hydrogens (tertiary/aromatic N) is 2. The Balaban J connectivity index is 0.00000110. The van der Waals surface area contributed by atoms with E-state index in [2.05, 4.69) is 9.80 Å². The molecule has 4 saturated heterocycles. The zero-order chi connectivity index (χ0) is 12.1. The van der Waals surface area contributed by atoms with Gasteiger partial charge in [-0.3, -0.25) is 9.69 Å². The second kappa shape index (κ2) is 5.51. The summed E-state index contributed by atoms with van der Waals surface area (Å²) in [6, 6.07) is 1.41. The molecule has 4 fully saturated rings. The summed E-state index contributed by atoms with van der Waals surface area (Å²) in [7, 11) is 0. The Bertz CT molecular complexity index is 360. The van der Waals surface area contributed by atoms with Crippen LogP contribution in [-0.4, -0.2) is 47.4 Å². The highest BCUT2D eigenvalue weighted by Crippen LogP contribution is 2.44. The van der Waals surface area contributed by atoms with E-state index in [0.717, 1.165) is 37.3 Å². The zero-order valence-corrected chi connectivity index (χ0v) is 13.9. The van der Waals surface area contributed by atoms with Gasteiger partial charge in [-0.15, -0.1) is 24.0 Å². The highest BCUT2D eigenvalue weighted by atomic mass is 127. The predicted octanol–water partition coefficient (Wildman–Crippen LogP) is 2.49. The van der Waals surface area contributed by atoms with Gasteiger partial charge in [0.05, 0.1) is 0 Å². The lowest BCUT2D eigenvalue weighted by molar-refractivity contribution is -0.150. The molecule has 4 rings (SSSR count). The van der Waals surface area contributed by atoms with Crippen LogP contribution < -0.4 is 0 Å². The average molecular weight is 376 g/mol. The normalized spacial score (nSPS) is 42.1. The maximum absolute atomic E-state index is 12.2. The van der Waals surface area contributed by atoms with Gasteiger partial charge in [-0.1, -0.05) is 0 Å².